The fourth-order valence-electron chi connectivity index (χ4n) is 3.42. The third kappa shape index (κ3) is 7.29. The highest BCUT2D eigenvalue weighted by atomic mass is 19.2. The Kier molecular flexibility index (Phi) is 8.78. The van der Waals surface area contributed by atoms with Crippen LogP contribution < -0.4 is 5.32 Å². The minimum atomic E-state index is -1.46. The topological polar surface area (TPSA) is 53.2 Å². The highest BCUT2D eigenvalue weighted by Gasteiger charge is 2.14. The molecule has 1 aliphatic heterocycles. The SMILES string of the molecule is CN(Cc1cc(F)c(F)c(F)c1)C(=NCCCN1CCOCC1)NCCc1ccco1. The maximum absolute atomic E-state index is 13.6. The zero-order chi connectivity index (χ0) is 22.1. The molecule has 0 bridgehead atoms. The lowest BCUT2D eigenvalue weighted by Gasteiger charge is -2.26. The van der Waals surface area contributed by atoms with Crippen LogP contribution in [0.1, 0.15) is 17.7 Å². The summed E-state index contributed by atoms with van der Waals surface area (Å²) in [4.78, 5) is 8.78. The lowest BCUT2D eigenvalue weighted by molar-refractivity contribution is 0.0377. The van der Waals surface area contributed by atoms with Crippen molar-refractivity contribution >= 4 is 5.96 Å². The monoisotopic (exact) mass is 438 g/mol. The number of hydrogen-bond donors (Lipinski definition) is 1. The molecule has 31 heavy (non-hydrogen) atoms. The number of nitrogens with zero attached hydrogens (tertiary/aromatic N) is 3. The van der Waals surface area contributed by atoms with Gasteiger partial charge in [0, 0.05) is 52.7 Å². The fourth-order valence-corrected chi connectivity index (χ4v) is 3.42. The minimum Gasteiger partial charge on any atom is -0.469 e. The van der Waals surface area contributed by atoms with Gasteiger partial charge in [-0.15, -0.1) is 0 Å². The summed E-state index contributed by atoms with van der Waals surface area (Å²) in [5.74, 6) is -2.39. The standard InChI is InChI=1S/C22H29F3N4O2/c1-28(16-17-14-19(23)21(25)20(24)15-17)22(27-7-5-18-4-2-11-31-18)26-6-3-8-29-9-12-30-13-10-29/h2,4,11,14-15H,3,5-10,12-13,16H2,1H3,(H,26,27). The number of nitrogens with one attached hydrogen (secondary N) is 1. The van der Waals surface area contributed by atoms with E-state index in [9.17, 15) is 13.2 Å². The highest BCUT2D eigenvalue weighted by molar-refractivity contribution is 5.79. The zero-order valence-electron chi connectivity index (χ0n) is 17.7. The van der Waals surface area contributed by atoms with E-state index < -0.39 is 17.5 Å². The van der Waals surface area contributed by atoms with Gasteiger partial charge < -0.3 is 19.4 Å². The number of rotatable bonds is 9. The Balaban J connectivity index is 1.58. The average Bonchev–Trinajstić information content (AvgIpc) is 3.28. The number of morpholine rings is 1. The summed E-state index contributed by atoms with van der Waals surface area (Å²) in [6.07, 6.45) is 3.18. The van der Waals surface area contributed by atoms with Gasteiger partial charge in [0.2, 0.25) is 0 Å². The Morgan fingerprint density at radius 3 is 2.61 bits per heavy atom. The van der Waals surface area contributed by atoms with Crippen LogP contribution in [0.4, 0.5) is 13.2 Å². The molecular weight excluding hydrogens is 409 g/mol. The Labute approximate surface area is 180 Å². The maximum Gasteiger partial charge on any atom is 0.194 e. The number of benzene rings is 1. The summed E-state index contributed by atoms with van der Waals surface area (Å²) < 4.78 is 51.1. The van der Waals surface area contributed by atoms with Gasteiger partial charge in [-0.05, 0) is 36.2 Å². The molecule has 1 aliphatic rings. The summed E-state index contributed by atoms with van der Waals surface area (Å²) in [5, 5.41) is 3.28. The lowest BCUT2D eigenvalue weighted by atomic mass is 10.2. The Hall–Kier alpha value is -2.52. The largest absolute Gasteiger partial charge is 0.469 e. The molecular formula is C22H29F3N4O2. The van der Waals surface area contributed by atoms with Crippen molar-refractivity contribution in [2.75, 3.05) is 53.0 Å². The van der Waals surface area contributed by atoms with E-state index in [0.717, 1.165) is 57.2 Å². The van der Waals surface area contributed by atoms with Gasteiger partial charge in [0.15, 0.2) is 23.4 Å². The number of halogens is 3. The smallest absolute Gasteiger partial charge is 0.194 e. The van der Waals surface area contributed by atoms with Crippen molar-refractivity contribution in [1.82, 2.24) is 15.1 Å². The van der Waals surface area contributed by atoms with E-state index in [0.29, 0.717) is 31.0 Å². The molecule has 0 aliphatic carbocycles. The molecule has 0 spiro atoms. The van der Waals surface area contributed by atoms with Crippen molar-refractivity contribution in [1.29, 1.82) is 0 Å². The summed E-state index contributed by atoms with van der Waals surface area (Å²) >= 11 is 0. The number of ether oxygens (including phenoxy) is 1. The first-order valence-corrected chi connectivity index (χ1v) is 10.5. The lowest BCUT2D eigenvalue weighted by Crippen LogP contribution is -2.40. The van der Waals surface area contributed by atoms with Gasteiger partial charge in [0.25, 0.3) is 0 Å². The van der Waals surface area contributed by atoms with E-state index >= 15 is 0 Å². The molecule has 1 aromatic heterocycles. The van der Waals surface area contributed by atoms with E-state index in [4.69, 9.17) is 9.15 Å². The fraction of sp³-hybridized carbons (Fsp3) is 0.500. The van der Waals surface area contributed by atoms with Crippen molar-refractivity contribution in [2.45, 2.75) is 19.4 Å². The Bertz CT molecular complexity index is 816. The molecule has 2 aromatic rings. The Morgan fingerprint density at radius 2 is 1.94 bits per heavy atom. The minimum absolute atomic E-state index is 0.185. The van der Waals surface area contributed by atoms with Crippen molar-refractivity contribution in [3.8, 4) is 0 Å². The number of hydrogen-bond acceptors (Lipinski definition) is 4. The molecule has 0 atom stereocenters. The first kappa shape index (κ1) is 23.1. The van der Waals surface area contributed by atoms with Gasteiger partial charge in [-0.2, -0.15) is 0 Å². The third-order valence-electron chi connectivity index (χ3n) is 5.06. The van der Waals surface area contributed by atoms with E-state index in [1.165, 1.54) is 0 Å². The van der Waals surface area contributed by atoms with E-state index in [2.05, 4.69) is 15.2 Å². The Morgan fingerprint density at radius 1 is 1.19 bits per heavy atom. The zero-order valence-corrected chi connectivity index (χ0v) is 17.7. The second-order valence-corrected chi connectivity index (χ2v) is 7.50. The second kappa shape index (κ2) is 11.8. The maximum atomic E-state index is 13.6. The predicted molar refractivity (Wildman–Crippen MR) is 112 cm³/mol. The van der Waals surface area contributed by atoms with Crippen LogP contribution in [0.5, 0.6) is 0 Å². The molecule has 9 heteroatoms. The van der Waals surface area contributed by atoms with Crippen LogP contribution in [-0.2, 0) is 17.7 Å². The summed E-state index contributed by atoms with van der Waals surface area (Å²) in [6, 6.07) is 5.75. The normalized spacial score (nSPS) is 15.3. The molecule has 1 fully saturated rings. The first-order chi connectivity index (χ1) is 15.0. The second-order valence-electron chi connectivity index (χ2n) is 7.50. The van der Waals surface area contributed by atoms with Crippen molar-refractivity contribution in [3.05, 3.63) is 59.3 Å². The summed E-state index contributed by atoms with van der Waals surface area (Å²) in [7, 11) is 1.78. The van der Waals surface area contributed by atoms with Crippen molar-refractivity contribution in [2.24, 2.45) is 4.99 Å². The number of guanidine groups is 1. The van der Waals surface area contributed by atoms with Crippen LogP contribution in [0.3, 0.4) is 0 Å². The molecule has 1 aromatic carbocycles. The van der Waals surface area contributed by atoms with Gasteiger partial charge in [-0.3, -0.25) is 9.89 Å². The first-order valence-electron chi connectivity index (χ1n) is 10.5. The molecule has 0 radical (unpaired) electrons. The van der Waals surface area contributed by atoms with Crippen molar-refractivity contribution in [3.63, 3.8) is 0 Å². The van der Waals surface area contributed by atoms with Crippen LogP contribution >= 0.6 is 0 Å². The molecule has 0 amide bonds. The summed E-state index contributed by atoms with van der Waals surface area (Å²) in [6.45, 7) is 5.70. The van der Waals surface area contributed by atoms with E-state index in [-0.39, 0.29) is 6.54 Å². The third-order valence-corrected chi connectivity index (χ3v) is 5.06. The summed E-state index contributed by atoms with van der Waals surface area (Å²) in [5.41, 5.74) is 0.327. The van der Waals surface area contributed by atoms with E-state index in [1.54, 1.807) is 18.2 Å². The molecule has 0 saturated carbocycles. The molecule has 1 saturated heterocycles. The van der Waals surface area contributed by atoms with Crippen LogP contribution in [0.25, 0.3) is 0 Å². The van der Waals surface area contributed by atoms with Gasteiger partial charge in [0.1, 0.15) is 5.76 Å². The highest BCUT2D eigenvalue weighted by Crippen LogP contribution is 2.15. The molecule has 6 nitrogen and oxygen atoms in total. The molecule has 0 unspecified atom stereocenters. The molecule has 3 rings (SSSR count). The van der Waals surface area contributed by atoms with Gasteiger partial charge in [0.05, 0.1) is 19.5 Å². The van der Waals surface area contributed by atoms with Crippen LogP contribution in [0.2, 0.25) is 0 Å². The van der Waals surface area contributed by atoms with Gasteiger partial charge in [-0.1, -0.05) is 0 Å². The number of furan rings is 1. The van der Waals surface area contributed by atoms with Crippen LogP contribution in [-0.4, -0.2) is 68.7 Å². The predicted octanol–water partition coefficient (Wildman–Crippen LogP) is 3.04. The van der Waals surface area contributed by atoms with Gasteiger partial charge in [-0.25, -0.2) is 13.2 Å². The molecule has 1 N–H and O–H groups in total. The quantitative estimate of drug-likeness (QED) is 0.282. The number of aliphatic imine (C=N–C) groups is 1. The van der Waals surface area contributed by atoms with Gasteiger partial charge >= 0.3 is 0 Å². The van der Waals surface area contributed by atoms with E-state index in [1.807, 2.05) is 12.1 Å². The molecule has 2 heterocycles. The van der Waals surface area contributed by atoms with Crippen molar-refractivity contribution < 1.29 is 22.3 Å². The van der Waals surface area contributed by atoms with Crippen LogP contribution in [0.15, 0.2) is 39.9 Å². The van der Waals surface area contributed by atoms with Crippen LogP contribution in [0, 0.1) is 17.5 Å². The molecule has 170 valence electrons. The average molecular weight is 438 g/mol.